The largest absolute Gasteiger partial charge is 0.357 e. The van der Waals surface area contributed by atoms with Crippen molar-refractivity contribution < 1.29 is 21.2 Å². The van der Waals surface area contributed by atoms with Gasteiger partial charge >= 0.3 is 21.2 Å². The van der Waals surface area contributed by atoms with Gasteiger partial charge in [0.15, 0.2) is 7.14 Å². The molecule has 2 aromatic rings. The van der Waals surface area contributed by atoms with Gasteiger partial charge in [-0.1, -0.05) is 36.4 Å². The van der Waals surface area contributed by atoms with Gasteiger partial charge in [-0.15, -0.1) is 24.8 Å². The minimum absolute atomic E-state index is 0. The van der Waals surface area contributed by atoms with E-state index < -0.39 is 0 Å². The zero-order valence-corrected chi connectivity index (χ0v) is 11.8. The Morgan fingerprint density at radius 3 is 1.20 bits per heavy atom. The molecule has 0 aliphatic carbocycles. The van der Waals surface area contributed by atoms with Crippen LogP contribution < -0.4 is 21.2 Å². The van der Waals surface area contributed by atoms with Crippen molar-refractivity contribution in [3.8, 4) is 0 Å². The minimum atomic E-state index is 0. The molecule has 0 fully saturated rings. The van der Waals surface area contributed by atoms with E-state index in [1.54, 1.807) is 0 Å². The lowest BCUT2D eigenvalue weighted by molar-refractivity contribution is -0.597. The molecule has 2 aromatic carbocycles. The van der Waals surface area contributed by atoms with Crippen LogP contribution in [0.15, 0.2) is 60.7 Å². The van der Waals surface area contributed by atoms with E-state index in [-0.39, 0.29) is 46.0 Å². The van der Waals surface area contributed by atoms with Crippen molar-refractivity contribution >= 4 is 24.8 Å². The molecule has 0 bridgehead atoms. The first-order chi connectivity index (χ1) is 6.45. The SMILES string of the molecule is Cl.Cl.c1ccc([I+]c2ccccc2)cc1. The van der Waals surface area contributed by atoms with Crippen LogP contribution >= 0.6 is 24.8 Å². The summed E-state index contributed by atoms with van der Waals surface area (Å²) in [5.41, 5.74) is 0. The molecule has 0 aliphatic heterocycles. The Morgan fingerprint density at radius 1 is 0.533 bits per heavy atom. The van der Waals surface area contributed by atoms with Gasteiger partial charge in [-0.2, -0.15) is 0 Å². The summed E-state index contributed by atoms with van der Waals surface area (Å²) < 4.78 is 2.96. The summed E-state index contributed by atoms with van der Waals surface area (Å²) in [6.45, 7) is 0. The summed E-state index contributed by atoms with van der Waals surface area (Å²) in [5, 5.41) is 0. The van der Waals surface area contributed by atoms with Crippen molar-refractivity contribution in [2.45, 2.75) is 0 Å². The monoisotopic (exact) mass is 353 g/mol. The van der Waals surface area contributed by atoms with E-state index in [1.165, 1.54) is 7.14 Å². The van der Waals surface area contributed by atoms with Crippen molar-refractivity contribution in [2.24, 2.45) is 0 Å². The normalized spacial score (nSPS) is 8.53. The molecule has 0 saturated heterocycles. The lowest BCUT2D eigenvalue weighted by Gasteiger charge is -1.84. The van der Waals surface area contributed by atoms with Gasteiger partial charge in [0.25, 0.3) is 0 Å². The molecule has 0 aromatic heterocycles. The van der Waals surface area contributed by atoms with Gasteiger partial charge in [0.1, 0.15) is 0 Å². The van der Waals surface area contributed by atoms with Crippen LogP contribution in [0, 0.1) is 7.14 Å². The molecule has 0 nitrogen and oxygen atoms in total. The highest BCUT2D eigenvalue weighted by Crippen LogP contribution is 1.85. The summed E-state index contributed by atoms with van der Waals surface area (Å²) in [4.78, 5) is 0. The molecular weight excluding hydrogens is 342 g/mol. The Kier molecular flexibility index (Phi) is 7.83. The number of hydrogen-bond donors (Lipinski definition) is 0. The van der Waals surface area contributed by atoms with E-state index in [4.69, 9.17) is 0 Å². The van der Waals surface area contributed by atoms with Gasteiger partial charge in [-0.25, -0.2) is 0 Å². The van der Waals surface area contributed by atoms with E-state index in [9.17, 15) is 0 Å². The van der Waals surface area contributed by atoms with E-state index in [0.29, 0.717) is 0 Å². The Morgan fingerprint density at radius 2 is 0.867 bits per heavy atom. The van der Waals surface area contributed by atoms with Crippen LogP contribution in [0.25, 0.3) is 0 Å². The fourth-order valence-corrected chi connectivity index (χ4v) is 3.35. The highest BCUT2D eigenvalue weighted by molar-refractivity contribution is 5.85. The van der Waals surface area contributed by atoms with Crippen molar-refractivity contribution in [1.82, 2.24) is 0 Å². The second-order valence-electron chi connectivity index (χ2n) is 2.69. The molecule has 0 aliphatic rings. The Labute approximate surface area is 113 Å². The third-order valence-electron chi connectivity index (χ3n) is 1.68. The maximum absolute atomic E-state index is 2.21. The first-order valence-electron chi connectivity index (χ1n) is 4.20. The first kappa shape index (κ1) is 14.8. The van der Waals surface area contributed by atoms with Crippen LogP contribution in [-0.2, 0) is 0 Å². The number of rotatable bonds is 2. The maximum Gasteiger partial charge on any atom is 0.357 e. The number of halogens is 3. The lowest BCUT2D eigenvalue weighted by Crippen LogP contribution is -3.61. The molecule has 0 N–H and O–H groups in total. The molecule has 0 radical (unpaired) electrons. The summed E-state index contributed by atoms with van der Waals surface area (Å²) in [6, 6.07) is 21.4. The van der Waals surface area contributed by atoms with E-state index in [1.807, 2.05) is 0 Å². The second-order valence-corrected chi connectivity index (χ2v) is 5.72. The molecular formula is C12H12Cl2I+. The van der Waals surface area contributed by atoms with Gasteiger partial charge in [0.2, 0.25) is 0 Å². The Balaban J connectivity index is 0.000000980. The summed E-state index contributed by atoms with van der Waals surface area (Å²) >= 11 is 0.0287. The molecule has 15 heavy (non-hydrogen) atoms. The number of hydrogen-bond acceptors (Lipinski definition) is 0. The van der Waals surface area contributed by atoms with Crippen molar-refractivity contribution in [1.29, 1.82) is 0 Å². The number of benzene rings is 2. The Hall–Kier alpha value is -0.250. The molecule has 0 saturated carbocycles. The van der Waals surface area contributed by atoms with Crippen LogP contribution in [0.5, 0.6) is 0 Å². The van der Waals surface area contributed by atoms with Crippen molar-refractivity contribution in [2.75, 3.05) is 0 Å². The molecule has 80 valence electrons. The van der Waals surface area contributed by atoms with Crippen molar-refractivity contribution in [3.63, 3.8) is 0 Å². The highest BCUT2D eigenvalue weighted by Gasteiger charge is 2.12. The van der Waals surface area contributed by atoms with Gasteiger partial charge < -0.3 is 0 Å². The third-order valence-corrected chi connectivity index (χ3v) is 4.37. The van der Waals surface area contributed by atoms with Crippen LogP contribution in [0.1, 0.15) is 0 Å². The summed E-state index contributed by atoms with van der Waals surface area (Å²) in [6.07, 6.45) is 0. The molecule has 3 heteroatoms. The van der Waals surface area contributed by atoms with Crippen LogP contribution in [0.4, 0.5) is 0 Å². The molecule has 0 spiro atoms. The average Bonchev–Trinajstić information content (AvgIpc) is 2.21. The lowest BCUT2D eigenvalue weighted by atomic mass is 10.4. The van der Waals surface area contributed by atoms with Crippen LogP contribution in [0.3, 0.4) is 0 Å². The van der Waals surface area contributed by atoms with E-state index in [2.05, 4.69) is 60.7 Å². The average molecular weight is 354 g/mol. The predicted molar refractivity (Wildman–Crippen MR) is 64.8 cm³/mol. The molecule has 0 unspecified atom stereocenters. The zero-order chi connectivity index (χ0) is 8.93. The topological polar surface area (TPSA) is 0 Å². The third kappa shape index (κ3) is 4.87. The zero-order valence-electron chi connectivity index (χ0n) is 7.97. The predicted octanol–water partition coefficient (Wildman–Crippen LogP) is 0.659. The Bertz CT molecular complexity index is 324. The second kappa shape index (κ2) is 7.97. The van der Waals surface area contributed by atoms with E-state index in [0.717, 1.165) is 0 Å². The molecule has 0 atom stereocenters. The molecule has 0 heterocycles. The van der Waals surface area contributed by atoms with E-state index >= 15 is 0 Å². The van der Waals surface area contributed by atoms with Crippen molar-refractivity contribution in [3.05, 3.63) is 67.8 Å². The highest BCUT2D eigenvalue weighted by atomic mass is 127. The van der Waals surface area contributed by atoms with Gasteiger partial charge in [0, 0.05) is 0 Å². The molecule has 0 amide bonds. The quantitative estimate of drug-likeness (QED) is 0.696. The summed E-state index contributed by atoms with van der Waals surface area (Å²) in [7, 11) is 0. The molecule has 2 rings (SSSR count). The fraction of sp³-hybridized carbons (Fsp3) is 0. The fourth-order valence-electron chi connectivity index (χ4n) is 1.08. The smallest absolute Gasteiger partial charge is 0.147 e. The van der Waals surface area contributed by atoms with Gasteiger partial charge in [-0.05, 0) is 24.3 Å². The standard InChI is InChI=1S/C12H10I.2ClH/c1-3-7-11(8-4-1)13-12-9-5-2-6-10-12;;/h1-10H;2*1H/q+1;;. The van der Waals surface area contributed by atoms with Crippen LogP contribution in [-0.4, -0.2) is 0 Å². The van der Waals surface area contributed by atoms with Gasteiger partial charge in [-0.3, -0.25) is 0 Å². The van der Waals surface area contributed by atoms with Gasteiger partial charge in [0.05, 0.1) is 0 Å². The van der Waals surface area contributed by atoms with Crippen LogP contribution in [0.2, 0.25) is 0 Å². The summed E-state index contributed by atoms with van der Waals surface area (Å²) in [5.74, 6) is 0. The maximum atomic E-state index is 2.21. The minimum Gasteiger partial charge on any atom is -0.147 e. The first-order valence-corrected chi connectivity index (χ1v) is 6.36.